The number of fused-ring (bicyclic) bond motifs is 1. The van der Waals surface area contributed by atoms with Crippen LogP contribution in [0.4, 0.5) is 9.52 Å². The first-order valence-electron chi connectivity index (χ1n) is 7.10. The highest BCUT2D eigenvalue weighted by Crippen LogP contribution is 2.32. The number of carbonyl (C=O) groups excluding carboxylic acids is 1. The van der Waals surface area contributed by atoms with Crippen molar-refractivity contribution < 1.29 is 14.1 Å². The van der Waals surface area contributed by atoms with Crippen molar-refractivity contribution in [2.45, 2.75) is 25.0 Å². The van der Waals surface area contributed by atoms with E-state index in [0.29, 0.717) is 10.7 Å². The zero-order chi connectivity index (χ0) is 14.4. The van der Waals surface area contributed by atoms with Crippen molar-refractivity contribution in [3.8, 4) is 0 Å². The van der Waals surface area contributed by atoms with E-state index in [1.807, 2.05) is 11.4 Å². The van der Waals surface area contributed by atoms with Gasteiger partial charge in [0.2, 0.25) is 6.17 Å². The molecule has 21 heavy (non-hydrogen) atoms. The average Bonchev–Trinajstić information content (AvgIpc) is 3.18. The van der Waals surface area contributed by atoms with Gasteiger partial charge in [-0.05, 0) is 12.1 Å². The number of carbonyl (C=O) groups is 1. The number of hydrogen-bond donors (Lipinski definition) is 1. The summed E-state index contributed by atoms with van der Waals surface area (Å²) in [6.07, 6.45) is 3.28. The van der Waals surface area contributed by atoms with Crippen molar-refractivity contribution in [2.75, 3.05) is 11.4 Å². The molecule has 0 aliphatic carbocycles. The quantitative estimate of drug-likeness (QED) is 0.910. The van der Waals surface area contributed by atoms with E-state index in [1.165, 1.54) is 17.4 Å². The van der Waals surface area contributed by atoms with Crippen molar-refractivity contribution in [3.63, 3.8) is 0 Å². The minimum Gasteiger partial charge on any atom is -0.301 e. The second kappa shape index (κ2) is 4.89. The predicted molar refractivity (Wildman–Crippen MR) is 77.6 cm³/mol. The molecule has 3 heterocycles. The molecule has 2 fully saturated rings. The zero-order valence-electron chi connectivity index (χ0n) is 11.3. The Morgan fingerprint density at radius 3 is 3.00 bits per heavy atom. The molecular formula is C15H15FN3OS+. The number of anilines is 1. The van der Waals surface area contributed by atoms with Crippen molar-refractivity contribution in [3.05, 3.63) is 47.2 Å². The van der Waals surface area contributed by atoms with Crippen molar-refractivity contribution in [2.24, 2.45) is 0 Å². The molecule has 3 unspecified atom stereocenters. The topological polar surface area (TPSA) is 37.6 Å². The second-order valence-electron chi connectivity index (χ2n) is 5.47. The van der Waals surface area contributed by atoms with Crippen LogP contribution in [0.15, 0.2) is 35.8 Å². The van der Waals surface area contributed by atoms with E-state index >= 15 is 0 Å². The summed E-state index contributed by atoms with van der Waals surface area (Å²) in [5.74, 6) is -0.178. The zero-order valence-corrected chi connectivity index (χ0v) is 12.1. The maximum atomic E-state index is 14.3. The van der Waals surface area contributed by atoms with Gasteiger partial charge in [-0.25, -0.2) is 14.3 Å². The van der Waals surface area contributed by atoms with E-state index in [9.17, 15) is 9.18 Å². The summed E-state index contributed by atoms with van der Waals surface area (Å²) in [4.78, 5) is 19.8. The summed E-state index contributed by atoms with van der Waals surface area (Å²) in [6.45, 7) is 0.900. The van der Waals surface area contributed by atoms with Gasteiger partial charge in [0, 0.05) is 24.4 Å². The Balaban J connectivity index is 1.84. The smallest absolute Gasteiger partial charge is 0.292 e. The Bertz CT molecular complexity index is 675. The standard InChI is InChI=1S/C15H14FN3OS/c16-11-5-2-1-4-10(11)13-18-8-3-6-12(18)14(20)19(13)15-17-7-9-21-15/h1-2,4-5,7,9,12-13H,3,6,8H2/p+1. The van der Waals surface area contributed by atoms with Crippen LogP contribution in [0.5, 0.6) is 0 Å². The van der Waals surface area contributed by atoms with E-state index in [1.54, 1.807) is 23.2 Å². The van der Waals surface area contributed by atoms with Crippen LogP contribution >= 0.6 is 11.3 Å². The number of amides is 1. The Labute approximate surface area is 125 Å². The lowest BCUT2D eigenvalue weighted by molar-refractivity contribution is -0.924. The maximum Gasteiger partial charge on any atom is 0.292 e. The summed E-state index contributed by atoms with van der Waals surface area (Å²) in [5, 5.41) is 2.51. The molecule has 4 nitrogen and oxygen atoms in total. The molecule has 2 aliphatic rings. The summed E-state index contributed by atoms with van der Waals surface area (Å²) in [7, 11) is 0. The van der Waals surface area contributed by atoms with Crippen molar-refractivity contribution >= 4 is 22.4 Å². The normalized spacial score (nSPS) is 28.1. The Morgan fingerprint density at radius 1 is 1.38 bits per heavy atom. The van der Waals surface area contributed by atoms with Crippen LogP contribution in [0.25, 0.3) is 0 Å². The third-order valence-electron chi connectivity index (χ3n) is 4.38. The fourth-order valence-electron chi connectivity index (χ4n) is 3.52. The second-order valence-corrected chi connectivity index (χ2v) is 6.34. The predicted octanol–water partition coefficient (Wildman–Crippen LogP) is 1.37. The van der Waals surface area contributed by atoms with Gasteiger partial charge in [0.25, 0.3) is 5.91 Å². The van der Waals surface area contributed by atoms with E-state index in [2.05, 4.69) is 4.98 Å². The highest BCUT2D eigenvalue weighted by atomic mass is 32.1. The first-order valence-corrected chi connectivity index (χ1v) is 7.98. The third-order valence-corrected chi connectivity index (χ3v) is 5.15. The lowest BCUT2D eigenvalue weighted by Crippen LogP contribution is -3.12. The monoisotopic (exact) mass is 304 g/mol. The summed E-state index contributed by atoms with van der Waals surface area (Å²) >= 11 is 1.43. The molecule has 0 spiro atoms. The van der Waals surface area contributed by atoms with Gasteiger partial charge in [-0.1, -0.05) is 12.1 Å². The average molecular weight is 304 g/mol. The fraction of sp³-hybridized carbons (Fsp3) is 0.333. The number of hydrogen-bond acceptors (Lipinski definition) is 3. The molecule has 4 rings (SSSR count). The molecule has 6 heteroatoms. The molecule has 1 amide bonds. The van der Waals surface area contributed by atoms with Gasteiger partial charge in [0.05, 0.1) is 12.1 Å². The molecule has 2 aromatic rings. The van der Waals surface area contributed by atoms with E-state index in [-0.39, 0.29) is 23.9 Å². The molecule has 1 N–H and O–H groups in total. The number of benzene rings is 1. The number of thiazole rings is 1. The SMILES string of the molecule is O=C1C2CCC[NH+]2C(c2ccccc2F)N1c1nccs1. The Kier molecular flexibility index (Phi) is 3.01. The van der Waals surface area contributed by atoms with Gasteiger partial charge < -0.3 is 4.90 Å². The number of rotatable bonds is 2. The molecule has 1 aromatic carbocycles. The lowest BCUT2D eigenvalue weighted by atomic mass is 10.1. The highest BCUT2D eigenvalue weighted by molar-refractivity contribution is 7.13. The number of aromatic nitrogens is 1. The highest BCUT2D eigenvalue weighted by Gasteiger charge is 2.54. The first kappa shape index (κ1) is 12.9. The van der Waals surface area contributed by atoms with Crippen LogP contribution in [0.2, 0.25) is 0 Å². The lowest BCUT2D eigenvalue weighted by Gasteiger charge is -2.24. The number of nitrogens with one attached hydrogen (secondary N) is 1. The van der Waals surface area contributed by atoms with E-state index in [4.69, 9.17) is 0 Å². The van der Waals surface area contributed by atoms with E-state index in [0.717, 1.165) is 24.3 Å². The third kappa shape index (κ3) is 1.90. The Hall–Kier alpha value is -1.79. The molecule has 2 aliphatic heterocycles. The van der Waals surface area contributed by atoms with Crippen molar-refractivity contribution in [1.29, 1.82) is 0 Å². The van der Waals surface area contributed by atoms with Crippen molar-refractivity contribution in [1.82, 2.24) is 4.98 Å². The largest absolute Gasteiger partial charge is 0.301 e. The van der Waals surface area contributed by atoms with Gasteiger partial charge in [-0.2, -0.15) is 0 Å². The summed E-state index contributed by atoms with van der Waals surface area (Å²) in [6, 6.07) is 6.69. The van der Waals surface area contributed by atoms with Crippen LogP contribution in [-0.4, -0.2) is 23.5 Å². The minimum absolute atomic E-state index is 0.0569. The number of halogens is 1. The summed E-state index contributed by atoms with van der Waals surface area (Å²) in [5.41, 5.74) is 0.584. The van der Waals surface area contributed by atoms with Gasteiger partial charge in [-0.3, -0.25) is 4.79 Å². The fourth-order valence-corrected chi connectivity index (χ4v) is 4.19. The molecule has 3 atom stereocenters. The number of quaternary nitrogens is 1. The van der Waals surface area contributed by atoms with Gasteiger partial charge in [-0.15, -0.1) is 11.3 Å². The van der Waals surface area contributed by atoms with Crippen LogP contribution in [-0.2, 0) is 4.79 Å². The van der Waals surface area contributed by atoms with Crippen LogP contribution in [0.3, 0.4) is 0 Å². The maximum absolute atomic E-state index is 14.3. The first-order chi connectivity index (χ1) is 10.3. The molecule has 1 aromatic heterocycles. The van der Waals surface area contributed by atoms with Crippen LogP contribution < -0.4 is 9.80 Å². The van der Waals surface area contributed by atoms with Gasteiger partial charge >= 0.3 is 0 Å². The van der Waals surface area contributed by atoms with Crippen LogP contribution in [0, 0.1) is 5.82 Å². The van der Waals surface area contributed by atoms with Crippen LogP contribution in [0.1, 0.15) is 24.6 Å². The molecule has 0 saturated carbocycles. The van der Waals surface area contributed by atoms with Gasteiger partial charge in [0.1, 0.15) is 5.82 Å². The Morgan fingerprint density at radius 2 is 2.24 bits per heavy atom. The molecular weight excluding hydrogens is 289 g/mol. The number of nitrogens with zero attached hydrogens (tertiary/aromatic N) is 2. The van der Waals surface area contributed by atoms with E-state index < -0.39 is 0 Å². The molecule has 2 saturated heterocycles. The molecule has 0 bridgehead atoms. The minimum atomic E-state index is -0.294. The molecule has 0 radical (unpaired) electrons. The van der Waals surface area contributed by atoms with Gasteiger partial charge in [0.15, 0.2) is 11.2 Å². The molecule has 108 valence electrons. The summed E-state index contributed by atoms with van der Waals surface area (Å²) < 4.78 is 14.3.